The topological polar surface area (TPSA) is 6.48 Å². The summed E-state index contributed by atoms with van der Waals surface area (Å²) in [7, 11) is 0. The second-order valence-corrected chi connectivity index (χ2v) is 23.5. The van der Waals surface area contributed by atoms with Crippen LogP contribution in [0.3, 0.4) is 0 Å². The van der Waals surface area contributed by atoms with Gasteiger partial charge in [-0.15, -0.1) is 11.3 Å². The SMILES string of the molecule is Cc1ccc(-c2cc3c4c(c2)N(c2ccc(C(C)(C)C)cc2)c2c(sc5cc6c(cc25)-c2ccccc2C6(C)C)B4c2cc(C(C)(C)C)ccc2N3c2ccc(C(C)(C)C)cc2)cc1. The molecular weight excluding hydrogens is 792 g/mol. The summed E-state index contributed by atoms with van der Waals surface area (Å²) in [6, 6.07) is 54.5. The third-order valence-electron chi connectivity index (χ3n) is 14.6. The summed E-state index contributed by atoms with van der Waals surface area (Å²) in [5.41, 5.74) is 23.4. The monoisotopic (exact) mass is 850 g/mol. The number of nitrogens with zero attached hydrogens (tertiary/aromatic N) is 2. The van der Waals surface area contributed by atoms with Crippen LogP contribution in [0.5, 0.6) is 0 Å². The van der Waals surface area contributed by atoms with Crippen molar-refractivity contribution in [3.8, 4) is 22.3 Å². The minimum atomic E-state index is -0.0890. The number of benzene rings is 7. The molecule has 7 aromatic carbocycles. The fraction of sp³-hybridized carbons (Fsp3) is 0.267. The summed E-state index contributed by atoms with van der Waals surface area (Å²) in [4.78, 5) is 5.22. The fourth-order valence-corrected chi connectivity index (χ4v) is 12.2. The third-order valence-corrected chi connectivity index (χ3v) is 15.8. The number of rotatable bonds is 3. The molecule has 64 heavy (non-hydrogen) atoms. The number of hydrogen-bond acceptors (Lipinski definition) is 3. The quantitative estimate of drug-likeness (QED) is 0.163. The smallest absolute Gasteiger partial charge is 0.264 e. The lowest BCUT2D eigenvalue weighted by Crippen LogP contribution is -2.60. The standard InChI is InChI=1S/C60H59BN2S/c1-36-17-19-37(20-18-36)38-31-51-54-52(32-38)63(43-28-23-40(24-29-43)58(5,6)7)55-46-34-45-44-15-13-14-16-47(44)60(11,12)48(45)35-53(46)64-56(55)61(54)49-33-41(59(8,9)10)25-30-50(49)62(51)42-26-21-39(22-27-42)57(2,3)4/h13-35H,1-12H3. The Morgan fingerprint density at radius 1 is 0.500 bits per heavy atom. The van der Waals surface area contributed by atoms with Crippen LogP contribution in [-0.2, 0) is 21.7 Å². The van der Waals surface area contributed by atoms with E-state index in [1.54, 1.807) is 0 Å². The molecule has 11 rings (SSSR count). The van der Waals surface area contributed by atoms with Gasteiger partial charge in [0.2, 0.25) is 0 Å². The maximum atomic E-state index is 2.64. The fourth-order valence-electron chi connectivity index (χ4n) is 10.8. The van der Waals surface area contributed by atoms with Crippen LogP contribution in [0.2, 0.25) is 0 Å². The van der Waals surface area contributed by atoms with Gasteiger partial charge in [-0.3, -0.25) is 0 Å². The Bertz CT molecular complexity index is 3180. The Balaban J connectivity index is 1.27. The van der Waals surface area contributed by atoms with Gasteiger partial charge in [0.1, 0.15) is 0 Å². The van der Waals surface area contributed by atoms with Gasteiger partial charge in [-0.1, -0.05) is 167 Å². The summed E-state index contributed by atoms with van der Waals surface area (Å²) < 4.78 is 2.76. The second-order valence-electron chi connectivity index (χ2n) is 22.4. The largest absolute Gasteiger partial charge is 0.311 e. The van der Waals surface area contributed by atoms with E-state index >= 15 is 0 Å². The van der Waals surface area contributed by atoms with Gasteiger partial charge in [0.05, 0.1) is 5.69 Å². The second kappa shape index (κ2) is 13.8. The summed E-state index contributed by atoms with van der Waals surface area (Å²) in [6.07, 6.45) is 0. The first-order valence-electron chi connectivity index (χ1n) is 23.2. The van der Waals surface area contributed by atoms with Crippen molar-refractivity contribution in [1.29, 1.82) is 0 Å². The first-order valence-corrected chi connectivity index (χ1v) is 24.0. The van der Waals surface area contributed by atoms with E-state index in [0.29, 0.717) is 0 Å². The summed E-state index contributed by atoms with van der Waals surface area (Å²) in [5, 5.41) is 1.33. The zero-order chi connectivity index (χ0) is 44.8. The summed E-state index contributed by atoms with van der Waals surface area (Å²) in [6.45, 7) is 27.9. The molecule has 2 aliphatic heterocycles. The Kier molecular flexibility index (Phi) is 8.84. The van der Waals surface area contributed by atoms with E-state index in [2.05, 4.69) is 232 Å². The van der Waals surface area contributed by atoms with Crippen molar-refractivity contribution in [2.75, 3.05) is 9.80 Å². The molecule has 0 atom stereocenters. The van der Waals surface area contributed by atoms with Crippen LogP contribution in [0.15, 0.2) is 140 Å². The van der Waals surface area contributed by atoms with E-state index in [-0.39, 0.29) is 28.4 Å². The molecular formula is C60H59BN2S. The zero-order valence-corrected chi connectivity index (χ0v) is 40.5. The normalized spacial score (nSPS) is 14.9. The van der Waals surface area contributed by atoms with Crippen molar-refractivity contribution in [2.24, 2.45) is 0 Å². The molecule has 0 fully saturated rings. The molecule has 8 aromatic rings. The maximum Gasteiger partial charge on any atom is 0.264 e. The highest BCUT2D eigenvalue weighted by Crippen LogP contribution is 2.54. The molecule has 318 valence electrons. The molecule has 0 amide bonds. The first kappa shape index (κ1) is 40.9. The molecule has 3 aliphatic rings. The van der Waals surface area contributed by atoms with Crippen molar-refractivity contribution in [3.05, 3.63) is 173 Å². The van der Waals surface area contributed by atoms with Gasteiger partial charge in [0, 0.05) is 48.7 Å². The molecule has 0 N–H and O–H groups in total. The van der Waals surface area contributed by atoms with Crippen LogP contribution in [0.25, 0.3) is 32.3 Å². The molecule has 1 aliphatic carbocycles. The molecule has 0 bridgehead atoms. The van der Waals surface area contributed by atoms with Crippen molar-refractivity contribution >= 4 is 78.0 Å². The van der Waals surface area contributed by atoms with E-state index in [1.165, 1.54) is 116 Å². The average Bonchev–Trinajstić information content (AvgIpc) is 3.73. The molecule has 0 spiro atoms. The van der Waals surface area contributed by atoms with Gasteiger partial charge in [-0.2, -0.15) is 0 Å². The molecule has 0 radical (unpaired) electrons. The van der Waals surface area contributed by atoms with Gasteiger partial charge in [0.25, 0.3) is 6.71 Å². The van der Waals surface area contributed by atoms with E-state index in [9.17, 15) is 0 Å². The van der Waals surface area contributed by atoms with Crippen molar-refractivity contribution in [3.63, 3.8) is 0 Å². The molecule has 2 nitrogen and oxygen atoms in total. The minimum Gasteiger partial charge on any atom is -0.311 e. The van der Waals surface area contributed by atoms with Gasteiger partial charge in [0.15, 0.2) is 0 Å². The Morgan fingerprint density at radius 3 is 1.67 bits per heavy atom. The molecule has 0 saturated heterocycles. The van der Waals surface area contributed by atoms with Crippen LogP contribution in [0, 0.1) is 6.92 Å². The van der Waals surface area contributed by atoms with Gasteiger partial charge in [-0.25, -0.2) is 0 Å². The van der Waals surface area contributed by atoms with Crippen LogP contribution < -0.4 is 25.5 Å². The molecule has 4 heteroatoms. The number of hydrogen-bond donors (Lipinski definition) is 0. The van der Waals surface area contributed by atoms with E-state index in [0.717, 1.165) is 0 Å². The van der Waals surface area contributed by atoms with E-state index in [1.807, 2.05) is 11.3 Å². The van der Waals surface area contributed by atoms with Crippen molar-refractivity contribution in [1.82, 2.24) is 0 Å². The van der Waals surface area contributed by atoms with Crippen LogP contribution in [0.1, 0.15) is 110 Å². The Hall–Kier alpha value is -5.84. The summed E-state index contributed by atoms with van der Waals surface area (Å²) in [5.74, 6) is 0. The van der Waals surface area contributed by atoms with Crippen molar-refractivity contribution in [2.45, 2.75) is 105 Å². The molecule has 0 saturated carbocycles. The summed E-state index contributed by atoms with van der Waals surface area (Å²) >= 11 is 2.01. The maximum absolute atomic E-state index is 2.64. The predicted molar refractivity (Wildman–Crippen MR) is 280 cm³/mol. The molecule has 0 unspecified atom stereocenters. The zero-order valence-electron chi connectivity index (χ0n) is 39.7. The number of anilines is 6. The lowest BCUT2D eigenvalue weighted by Gasteiger charge is -2.44. The highest BCUT2D eigenvalue weighted by Gasteiger charge is 2.47. The Morgan fingerprint density at radius 2 is 1.06 bits per heavy atom. The first-order chi connectivity index (χ1) is 30.3. The number of thiophene rings is 1. The predicted octanol–water partition coefficient (Wildman–Crippen LogP) is 15.2. The average molecular weight is 851 g/mol. The van der Waals surface area contributed by atoms with Gasteiger partial charge in [-0.05, 0) is 139 Å². The highest BCUT2D eigenvalue weighted by molar-refractivity contribution is 7.33. The van der Waals surface area contributed by atoms with Gasteiger partial charge < -0.3 is 9.80 Å². The van der Waals surface area contributed by atoms with E-state index in [4.69, 9.17) is 0 Å². The lowest BCUT2D eigenvalue weighted by molar-refractivity contribution is 0.590. The van der Waals surface area contributed by atoms with Crippen LogP contribution in [0.4, 0.5) is 34.1 Å². The highest BCUT2D eigenvalue weighted by atomic mass is 32.1. The third kappa shape index (κ3) is 6.19. The van der Waals surface area contributed by atoms with Crippen LogP contribution >= 0.6 is 11.3 Å². The lowest BCUT2D eigenvalue weighted by atomic mass is 9.36. The minimum absolute atomic E-state index is 0.0229. The Labute approximate surface area is 385 Å². The number of aryl methyl sites for hydroxylation is 1. The molecule has 1 aromatic heterocycles. The van der Waals surface area contributed by atoms with Crippen LogP contribution in [-0.4, -0.2) is 6.71 Å². The van der Waals surface area contributed by atoms with Crippen molar-refractivity contribution < 1.29 is 0 Å². The molecule has 3 heterocycles. The van der Waals surface area contributed by atoms with Gasteiger partial charge >= 0.3 is 0 Å². The van der Waals surface area contributed by atoms with E-state index < -0.39 is 0 Å². The number of fused-ring (bicyclic) bond motifs is 9.